The zero-order valence-electron chi connectivity index (χ0n) is 17.1. The number of amides is 1. The van der Waals surface area contributed by atoms with E-state index in [2.05, 4.69) is 22.5 Å². The molecule has 3 aromatic carbocycles. The summed E-state index contributed by atoms with van der Waals surface area (Å²) in [5.74, 6) is 0.554. The molecule has 6 nitrogen and oxygen atoms in total. The van der Waals surface area contributed by atoms with Gasteiger partial charge in [0, 0.05) is 17.4 Å². The van der Waals surface area contributed by atoms with Gasteiger partial charge in [-0.3, -0.25) is 14.4 Å². The molecule has 6 heteroatoms. The first-order valence-electron chi connectivity index (χ1n) is 10.1. The van der Waals surface area contributed by atoms with Gasteiger partial charge in [-0.25, -0.2) is 0 Å². The number of hydrogen-bond donors (Lipinski definition) is 1. The number of carbonyl (C=O) groups is 1. The van der Waals surface area contributed by atoms with Crippen LogP contribution in [0.15, 0.2) is 91.3 Å². The normalized spacial score (nSPS) is 15.3. The third-order valence-corrected chi connectivity index (χ3v) is 5.43. The molecule has 1 aliphatic heterocycles. The van der Waals surface area contributed by atoms with Crippen molar-refractivity contribution in [1.82, 2.24) is 9.78 Å². The quantitative estimate of drug-likeness (QED) is 0.518. The van der Waals surface area contributed by atoms with Gasteiger partial charge in [0.25, 0.3) is 5.91 Å². The lowest BCUT2D eigenvalue weighted by molar-refractivity contribution is 0.0974. The lowest BCUT2D eigenvalue weighted by Crippen LogP contribution is -2.43. The van der Waals surface area contributed by atoms with Crippen molar-refractivity contribution in [1.29, 1.82) is 0 Å². The average Bonchev–Trinajstić information content (AvgIpc) is 3.28. The minimum atomic E-state index is -0.414. The Bertz CT molecular complexity index is 1220. The van der Waals surface area contributed by atoms with E-state index >= 15 is 0 Å². The smallest absolute Gasteiger partial charge is 0.262 e. The number of fused-ring (bicyclic) bond motifs is 1. The Labute approximate surface area is 180 Å². The number of aromatic nitrogens is 2. The first-order chi connectivity index (χ1) is 15.2. The summed E-state index contributed by atoms with van der Waals surface area (Å²) < 4.78 is 7.45. The van der Waals surface area contributed by atoms with Crippen LogP contribution in [0.4, 0.5) is 11.4 Å². The molecule has 0 saturated heterocycles. The molecule has 0 fully saturated rings. The van der Waals surface area contributed by atoms with E-state index in [1.807, 2.05) is 83.8 Å². The summed E-state index contributed by atoms with van der Waals surface area (Å²) in [6.07, 6.45) is 3.38. The van der Waals surface area contributed by atoms with Crippen molar-refractivity contribution in [2.24, 2.45) is 0 Å². The van der Waals surface area contributed by atoms with Crippen LogP contribution in [0.5, 0.6) is 5.75 Å². The molecular weight excluding hydrogens is 388 g/mol. The topological polar surface area (TPSA) is 59.4 Å². The largest absolute Gasteiger partial charge is 0.495 e. The van der Waals surface area contributed by atoms with Crippen LogP contribution in [0.3, 0.4) is 0 Å². The van der Waals surface area contributed by atoms with E-state index in [1.54, 1.807) is 12.0 Å². The zero-order valence-corrected chi connectivity index (χ0v) is 17.1. The van der Waals surface area contributed by atoms with E-state index in [9.17, 15) is 4.79 Å². The summed E-state index contributed by atoms with van der Waals surface area (Å²) >= 11 is 0. The van der Waals surface area contributed by atoms with Crippen LogP contribution < -0.4 is 15.0 Å². The second-order valence-electron chi connectivity index (χ2n) is 7.40. The van der Waals surface area contributed by atoms with Crippen molar-refractivity contribution >= 4 is 17.3 Å². The Hall–Kier alpha value is -4.06. The van der Waals surface area contributed by atoms with Crippen molar-refractivity contribution in [3.05, 3.63) is 108 Å². The van der Waals surface area contributed by atoms with Gasteiger partial charge >= 0.3 is 0 Å². The Morgan fingerprint density at radius 1 is 0.968 bits per heavy atom. The van der Waals surface area contributed by atoms with Crippen LogP contribution in [0.25, 0.3) is 0 Å². The molecule has 1 aromatic heterocycles. The number of nitrogens with zero attached hydrogens (tertiary/aromatic N) is 3. The summed E-state index contributed by atoms with van der Waals surface area (Å²) in [6, 6.07) is 25.3. The Morgan fingerprint density at radius 2 is 1.71 bits per heavy atom. The molecule has 1 N–H and O–H groups in total. The fourth-order valence-electron chi connectivity index (χ4n) is 3.94. The number of carbonyl (C=O) groups excluding carboxylic acids is 1. The number of ether oxygens (including phenoxy) is 1. The molecule has 0 radical (unpaired) electrons. The van der Waals surface area contributed by atoms with Crippen molar-refractivity contribution in [3.63, 3.8) is 0 Å². The molecule has 0 unspecified atom stereocenters. The first kappa shape index (κ1) is 18.9. The standard InChI is InChI=1S/C25H22N4O2/c1-31-23-14-8-7-13-22(23)29-24(27-21-12-6-5-11-20(21)25(29)30)19-15-26-28(17-19)16-18-9-3-2-4-10-18/h2-15,17,24,27H,16H2,1H3/t24-/m1/s1. The molecule has 5 rings (SSSR count). The number of rotatable bonds is 5. The van der Waals surface area contributed by atoms with Crippen LogP contribution in [-0.4, -0.2) is 22.8 Å². The highest BCUT2D eigenvalue weighted by molar-refractivity contribution is 6.12. The van der Waals surface area contributed by atoms with E-state index in [0.29, 0.717) is 23.5 Å². The lowest BCUT2D eigenvalue weighted by Gasteiger charge is -2.38. The summed E-state index contributed by atoms with van der Waals surface area (Å²) in [5.41, 5.74) is 4.19. The minimum Gasteiger partial charge on any atom is -0.495 e. The van der Waals surface area contributed by atoms with Gasteiger partial charge < -0.3 is 10.1 Å². The maximum absolute atomic E-state index is 13.6. The molecule has 0 aliphatic carbocycles. The van der Waals surface area contributed by atoms with Crippen LogP contribution in [-0.2, 0) is 6.54 Å². The van der Waals surface area contributed by atoms with E-state index < -0.39 is 6.17 Å². The van der Waals surface area contributed by atoms with Gasteiger partial charge in [-0.1, -0.05) is 54.6 Å². The second-order valence-corrected chi connectivity index (χ2v) is 7.40. The zero-order chi connectivity index (χ0) is 21.2. The fraction of sp³-hybridized carbons (Fsp3) is 0.120. The summed E-state index contributed by atoms with van der Waals surface area (Å²) in [5, 5.41) is 8.06. The van der Waals surface area contributed by atoms with Gasteiger partial charge in [-0.2, -0.15) is 5.10 Å². The Morgan fingerprint density at radius 3 is 2.55 bits per heavy atom. The summed E-state index contributed by atoms with van der Waals surface area (Å²) in [7, 11) is 1.61. The number of benzene rings is 3. The van der Waals surface area contributed by atoms with Crippen molar-refractivity contribution < 1.29 is 9.53 Å². The highest BCUT2D eigenvalue weighted by Crippen LogP contribution is 2.40. The number of methoxy groups -OCH3 is 1. The predicted octanol–water partition coefficient (Wildman–Crippen LogP) is 4.71. The summed E-state index contributed by atoms with van der Waals surface area (Å²) in [4.78, 5) is 15.3. The highest BCUT2D eigenvalue weighted by atomic mass is 16.5. The van der Waals surface area contributed by atoms with Gasteiger partial charge in [-0.05, 0) is 29.8 Å². The SMILES string of the molecule is COc1ccccc1N1C(=O)c2ccccc2N[C@H]1c1cnn(Cc2ccccc2)c1. The van der Waals surface area contributed by atoms with Gasteiger partial charge in [0.2, 0.25) is 0 Å². The van der Waals surface area contributed by atoms with Crippen LogP contribution in [0.1, 0.15) is 27.7 Å². The average molecular weight is 410 g/mol. The van der Waals surface area contributed by atoms with Crippen LogP contribution in [0, 0.1) is 0 Å². The molecule has 154 valence electrons. The summed E-state index contributed by atoms with van der Waals surface area (Å²) in [6.45, 7) is 0.659. The van der Waals surface area contributed by atoms with Crippen LogP contribution in [0.2, 0.25) is 0 Å². The second kappa shape index (κ2) is 7.99. The molecule has 1 amide bonds. The first-order valence-corrected chi connectivity index (χ1v) is 10.1. The molecule has 0 saturated carbocycles. The molecular formula is C25H22N4O2. The number of hydrogen-bond acceptors (Lipinski definition) is 4. The monoisotopic (exact) mass is 410 g/mol. The maximum Gasteiger partial charge on any atom is 0.262 e. The maximum atomic E-state index is 13.6. The third-order valence-electron chi connectivity index (χ3n) is 5.43. The molecule has 1 aliphatic rings. The van der Waals surface area contributed by atoms with E-state index in [0.717, 1.165) is 16.8 Å². The molecule has 0 bridgehead atoms. The molecule has 31 heavy (non-hydrogen) atoms. The highest BCUT2D eigenvalue weighted by Gasteiger charge is 2.36. The van der Waals surface area contributed by atoms with E-state index in [1.165, 1.54) is 0 Å². The Kier molecular flexibility index (Phi) is 4.88. The van der Waals surface area contributed by atoms with E-state index in [4.69, 9.17) is 4.74 Å². The van der Waals surface area contributed by atoms with Crippen LogP contribution >= 0.6 is 0 Å². The van der Waals surface area contributed by atoms with Crippen molar-refractivity contribution in [3.8, 4) is 5.75 Å². The third kappa shape index (κ3) is 3.53. The number of anilines is 2. The predicted molar refractivity (Wildman–Crippen MR) is 120 cm³/mol. The minimum absolute atomic E-state index is 0.0836. The number of para-hydroxylation sites is 3. The molecule has 1 atom stereocenters. The molecule has 2 heterocycles. The molecule has 0 spiro atoms. The van der Waals surface area contributed by atoms with E-state index in [-0.39, 0.29) is 5.91 Å². The fourth-order valence-corrected chi connectivity index (χ4v) is 3.94. The van der Waals surface area contributed by atoms with Gasteiger partial charge in [0.05, 0.1) is 31.1 Å². The Balaban J connectivity index is 1.56. The van der Waals surface area contributed by atoms with Crippen molar-refractivity contribution in [2.75, 3.05) is 17.3 Å². The molecule has 4 aromatic rings. The van der Waals surface area contributed by atoms with Gasteiger partial charge in [-0.15, -0.1) is 0 Å². The van der Waals surface area contributed by atoms with Gasteiger partial charge in [0.15, 0.2) is 0 Å². The lowest BCUT2D eigenvalue weighted by atomic mass is 10.0. The van der Waals surface area contributed by atoms with Gasteiger partial charge in [0.1, 0.15) is 11.9 Å². The van der Waals surface area contributed by atoms with Crippen molar-refractivity contribution in [2.45, 2.75) is 12.7 Å². The number of nitrogens with one attached hydrogen (secondary N) is 1.